The fraction of sp³-hybridized carbons (Fsp3) is 0.556. The Labute approximate surface area is 149 Å². The third-order valence-corrected chi connectivity index (χ3v) is 5.68. The van der Waals surface area contributed by atoms with Crippen molar-refractivity contribution in [3.63, 3.8) is 0 Å². The van der Waals surface area contributed by atoms with E-state index in [1.807, 2.05) is 13.0 Å². The lowest BCUT2D eigenvalue weighted by molar-refractivity contribution is -0.119. The first-order valence-electron chi connectivity index (χ1n) is 8.59. The van der Waals surface area contributed by atoms with Gasteiger partial charge in [0.05, 0.1) is 17.4 Å². The smallest absolute Gasteiger partial charge is 0.235 e. The van der Waals surface area contributed by atoms with Crippen molar-refractivity contribution in [2.75, 3.05) is 25.4 Å². The van der Waals surface area contributed by atoms with Crippen LogP contribution in [0.15, 0.2) is 24.3 Å². The summed E-state index contributed by atoms with van der Waals surface area (Å²) in [5, 5.41) is 11.5. The summed E-state index contributed by atoms with van der Waals surface area (Å²) in [4.78, 5) is 14.4. The molecule has 1 aliphatic rings. The molecule has 136 valence electrons. The van der Waals surface area contributed by atoms with Crippen LogP contribution in [0.25, 0.3) is 0 Å². The lowest BCUT2D eigenvalue weighted by Crippen LogP contribution is -2.45. The Bertz CT molecular complexity index is 717. The second-order valence-electron chi connectivity index (χ2n) is 6.67. The number of amides is 1. The third kappa shape index (κ3) is 6.85. The van der Waals surface area contributed by atoms with Gasteiger partial charge in [-0.05, 0) is 50.6 Å². The number of sulfone groups is 1. The lowest BCUT2D eigenvalue weighted by atomic mass is 10.1. The Balaban J connectivity index is 1.81. The van der Waals surface area contributed by atoms with Crippen LogP contribution in [-0.4, -0.2) is 50.7 Å². The van der Waals surface area contributed by atoms with E-state index < -0.39 is 21.5 Å². The molecule has 1 heterocycles. The van der Waals surface area contributed by atoms with E-state index in [-0.39, 0.29) is 11.8 Å². The zero-order valence-electron chi connectivity index (χ0n) is 14.6. The Hall–Kier alpha value is -1.91. The Morgan fingerprint density at radius 2 is 1.88 bits per heavy atom. The highest BCUT2D eigenvalue weighted by molar-refractivity contribution is 7.91. The van der Waals surface area contributed by atoms with E-state index in [9.17, 15) is 13.2 Å². The largest absolute Gasteiger partial charge is 0.351 e. The summed E-state index contributed by atoms with van der Waals surface area (Å²) in [7, 11) is -3.54. The zero-order valence-corrected chi connectivity index (χ0v) is 15.4. The predicted octanol–water partition coefficient (Wildman–Crippen LogP) is 1.46. The molecule has 1 fully saturated rings. The van der Waals surface area contributed by atoms with E-state index in [0.717, 1.165) is 19.6 Å². The number of carbonyl (C=O) groups is 1. The minimum absolute atomic E-state index is 0.0734. The molecular weight excluding hydrogens is 338 g/mol. The standard InChI is InChI=1S/C18H25N3O3S/c1-15(12-21-9-3-2-4-10-21)20-18(22)14-25(23,24)13-17-7-5-16(11-19)6-8-17/h5-8,15H,2-4,9-10,12-14H2,1H3,(H,20,22). The van der Waals surface area contributed by atoms with E-state index in [1.54, 1.807) is 24.3 Å². The predicted molar refractivity (Wildman–Crippen MR) is 96.5 cm³/mol. The molecule has 0 spiro atoms. The average molecular weight is 363 g/mol. The maximum absolute atomic E-state index is 12.2. The second kappa shape index (κ2) is 8.97. The fourth-order valence-corrected chi connectivity index (χ4v) is 4.36. The van der Waals surface area contributed by atoms with Gasteiger partial charge in [-0.2, -0.15) is 5.26 Å². The van der Waals surface area contributed by atoms with Gasteiger partial charge >= 0.3 is 0 Å². The summed E-state index contributed by atoms with van der Waals surface area (Å²) in [6, 6.07) is 8.27. The first kappa shape index (κ1) is 19.4. The monoisotopic (exact) mass is 363 g/mol. The number of hydrogen-bond donors (Lipinski definition) is 1. The van der Waals surface area contributed by atoms with Crippen LogP contribution in [0.4, 0.5) is 0 Å². The Morgan fingerprint density at radius 1 is 1.24 bits per heavy atom. The molecular formula is C18H25N3O3S. The maximum atomic E-state index is 12.2. The normalized spacial score (nSPS) is 16.8. The van der Waals surface area contributed by atoms with Crippen molar-refractivity contribution in [2.45, 2.75) is 38.0 Å². The van der Waals surface area contributed by atoms with Gasteiger partial charge in [0.15, 0.2) is 9.84 Å². The molecule has 0 saturated carbocycles. The van der Waals surface area contributed by atoms with Crippen LogP contribution >= 0.6 is 0 Å². The molecule has 1 amide bonds. The molecule has 0 aliphatic carbocycles. The molecule has 25 heavy (non-hydrogen) atoms. The summed E-state index contributed by atoms with van der Waals surface area (Å²) in [5.41, 5.74) is 1.05. The molecule has 0 aromatic heterocycles. The average Bonchev–Trinajstić information content (AvgIpc) is 2.55. The zero-order chi connectivity index (χ0) is 18.3. The third-order valence-electron chi connectivity index (χ3n) is 4.21. The van der Waals surface area contributed by atoms with Crippen LogP contribution in [0.3, 0.4) is 0 Å². The van der Waals surface area contributed by atoms with E-state index in [0.29, 0.717) is 11.1 Å². The van der Waals surface area contributed by atoms with Gasteiger partial charge in [-0.25, -0.2) is 8.42 Å². The van der Waals surface area contributed by atoms with Gasteiger partial charge in [-0.3, -0.25) is 4.79 Å². The number of hydrogen-bond acceptors (Lipinski definition) is 5. The van der Waals surface area contributed by atoms with Gasteiger partial charge < -0.3 is 10.2 Å². The van der Waals surface area contributed by atoms with Gasteiger partial charge in [0, 0.05) is 12.6 Å². The van der Waals surface area contributed by atoms with E-state index in [1.165, 1.54) is 19.3 Å². The molecule has 1 N–H and O–H groups in total. The molecule has 1 saturated heterocycles. The lowest BCUT2D eigenvalue weighted by Gasteiger charge is -2.29. The molecule has 0 bridgehead atoms. The highest BCUT2D eigenvalue weighted by atomic mass is 32.2. The SMILES string of the molecule is CC(CN1CCCCC1)NC(=O)CS(=O)(=O)Cc1ccc(C#N)cc1. The van der Waals surface area contributed by atoms with Crippen molar-refractivity contribution in [3.05, 3.63) is 35.4 Å². The Kier molecular flexibility index (Phi) is 6.97. The number of nitrogens with zero attached hydrogens (tertiary/aromatic N) is 2. The number of nitrogens with one attached hydrogen (secondary N) is 1. The molecule has 1 aromatic rings. The molecule has 1 aliphatic heterocycles. The summed E-state index contributed by atoms with van der Waals surface area (Å²) >= 11 is 0. The van der Waals surface area contributed by atoms with Gasteiger partial charge in [-0.1, -0.05) is 18.6 Å². The highest BCUT2D eigenvalue weighted by Gasteiger charge is 2.20. The summed E-state index contributed by atoms with van der Waals surface area (Å²) in [6.45, 7) is 4.73. The number of carbonyl (C=O) groups excluding carboxylic acids is 1. The number of piperidine rings is 1. The van der Waals surface area contributed by atoms with Crippen molar-refractivity contribution >= 4 is 15.7 Å². The van der Waals surface area contributed by atoms with Crippen molar-refractivity contribution in [1.82, 2.24) is 10.2 Å². The molecule has 7 heteroatoms. The fourth-order valence-electron chi connectivity index (χ4n) is 3.07. The van der Waals surface area contributed by atoms with Crippen molar-refractivity contribution < 1.29 is 13.2 Å². The van der Waals surface area contributed by atoms with Crippen LogP contribution in [0, 0.1) is 11.3 Å². The minimum atomic E-state index is -3.54. The molecule has 1 aromatic carbocycles. The number of likely N-dealkylation sites (tertiary alicyclic amines) is 1. The van der Waals surface area contributed by atoms with Gasteiger partial charge in [0.1, 0.15) is 5.75 Å². The Morgan fingerprint density at radius 3 is 2.48 bits per heavy atom. The number of rotatable bonds is 7. The van der Waals surface area contributed by atoms with Crippen LogP contribution < -0.4 is 5.32 Å². The molecule has 6 nitrogen and oxygen atoms in total. The van der Waals surface area contributed by atoms with Gasteiger partial charge in [0.25, 0.3) is 0 Å². The topological polar surface area (TPSA) is 90.3 Å². The quantitative estimate of drug-likeness (QED) is 0.792. The van der Waals surface area contributed by atoms with E-state index in [2.05, 4.69) is 10.2 Å². The van der Waals surface area contributed by atoms with Crippen LogP contribution in [-0.2, 0) is 20.4 Å². The van der Waals surface area contributed by atoms with E-state index >= 15 is 0 Å². The summed E-state index contributed by atoms with van der Waals surface area (Å²) < 4.78 is 24.4. The van der Waals surface area contributed by atoms with Crippen molar-refractivity contribution in [1.29, 1.82) is 5.26 Å². The maximum Gasteiger partial charge on any atom is 0.235 e. The van der Waals surface area contributed by atoms with Crippen LogP contribution in [0.1, 0.15) is 37.3 Å². The molecule has 1 unspecified atom stereocenters. The summed E-state index contributed by atoms with van der Waals surface area (Å²) in [5.74, 6) is -1.18. The van der Waals surface area contributed by atoms with Crippen LogP contribution in [0.2, 0.25) is 0 Å². The molecule has 0 radical (unpaired) electrons. The minimum Gasteiger partial charge on any atom is -0.351 e. The highest BCUT2D eigenvalue weighted by Crippen LogP contribution is 2.10. The van der Waals surface area contributed by atoms with Crippen LogP contribution in [0.5, 0.6) is 0 Å². The van der Waals surface area contributed by atoms with Crippen molar-refractivity contribution in [2.24, 2.45) is 0 Å². The number of benzene rings is 1. The summed E-state index contributed by atoms with van der Waals surface area (Å²) in [6.07, 6.45) is 3.62. The van der Waals surface area contributed by atoms with Crippen molar-refractivity contribution in [3.8, 4) is 6.07 Å². The van der Waals surface area contributed by atoms with Gasteiger partial charge in [0.2, 0.25) is 5.91 Å². The van der Waals surface area contributed by atoms with E-state index in [4.69, 9.17) is 5.26 Å². The second-order valence-corrected chi connectivity index (χ2v) is 8.74. The molecule has 2 rings (SSSR count). The van der Waals surface area contributed by atoms with Gasteiger partial charge in [-0.15, -0.1) is 0 Å². The first-order chi connectivity index (χ1) is 11.9. The first-order valence-corrected chi connectivity index (χ1v) is 10.4. The number of nitriles is 1. The molecule has 1 atom stereocenters.